The van der Waals surface area contributed by atoms with Crippen molar-refractivity contribution in [3.05, 3.63) is 47.5 Å². The zero-order valence-corrected chi connectivity index (χ0v) is 17.0. The van der Waals surface area contributed by atoms with Crippen molar-refractivity contribution >= 4 is 40.8 Å². The molecule has 0 bridgehead atoms. The lowest BCUT2D eigenvalue weighted by atomic mass is 10.2. The summed E-state index contributed by atoms with van der Waals surface area (Å²) < 4.78 is 24.5. The van der Waals surface area contributed by atoms with Crippen molar-refractivity contribution in [2.45, 2.75) is 35.6 Å². The summed E-state index contributed by atoms with van der Waals surface area (Å²) in [6.45, 7) is 1.72. The van der Waals surface area contributed by atoms with Crippen LogP contribution in [0.15, 0.2) is 42.0 Å². The Labute approximate surface area is 172 Å². The molecule has 0 aliphatic carbocycles. The summed E-state index contributed by atoms with van der Waals surface area (Å²) in [5, 5.41) is 0. The van der Waals surface area contributed by atoms with Gasteiger partial charge in [0, 0.05) is 5.57 Å². The number of carbonyl (C=O) groups excluding carboxylic acids is 1. The second kappa shape index (κ2) is 9.54. The second-order valence-electron chi connectivity index (χ2n) is 5.69. The van der Waals surface area contributed by atoms with E-state index in [9.17, 15) is 4.79 Å². The molecule has 0 amide bonds. The number of benzene rings is 1. The van der Waals surface area contributed by atoms with Gasteiger partial charge in [-0.15, -0.1) is 0 Å². The fraction of sp³-hybridized carbons (Fsp3) is 0.471. The van der Waals surface area contributed by atoms with Gasteiger partial charge in [-0.3, -0.25) is 5.73 Å². The molecule has 1 aromatic carbocycles. The van der Waals surface area contributed by atoms with Crippen LogP contribution in [0, 0.1) is 0 Å². The van der Waals surface area contributed by atoms with Crippen LogP contribution in [-0.2, 0) is 35.1 Å². The lowest BCUT2D eigenvalue weighted by Crippen LogP contribution is -2.53. The Kier molecular flexibility index (Phi) is 7.91. The van der Waals surface area contributed by atoms with Crippen LogP contribution in [0.5, 0.6) is 0 Å². The summed E-state index contributed by atoms with van der Waals surface area (Å²) in [5.74, 6) is -2.62. The molecule has 1 saturated heterocycles. The van der Waals surface area contributed by atoms with E-state index in [0.29, 0.717) is 6.61 Å². The van der Waals surface area contributed by atoms with Gasteiger partial charge in [-0.1, -0.05) is 65.1 Å². The molecule has 27 heavy (non-hydrogen) atoms. The van der Waals surface area contributed by atoms with Gasteiger partial charge in [0.15, 0.2) is 6.29 Å². The van der Waals surface area contributed by atoms with Gasteiger partial charge in [-0.05, 0) is 18.6 Å². The molecule has 1 aliphatic heterocycles. The van der Waals surface area contributed by atoms with E-state index in [-0.39, 0.29) is 12.4 Å². The number of carbonyl (C=O) groups is 1. The number of alkyl halides is 3. The highest BCUT2D eigenvalue weighted by Crippen LogP contribution is 2.44. The summed E-state index contributed by atoms with van der Waals surface area (Å²) in [6.07, 6.45) is -0.579. The molecular weight excluding hydrogens is 421 g/mol. The summed E-state index contributed by atoms with van der Waals surface area (Å²) in [5.41, 5.74) is 7.11. The van der Waals surface area contributed by atoms with Crippen molar-refractivity contribution in [3.8, 4) is 0 Å². The second-order valence-corrected chi connectivity index (χ2v) is 7.98. The normalized spacial score (nSPS) is 26.2. The zero-order chi connectivity index (χ0) is 20.1. The van der Waals surface area contributed by atoms with Gasteiger partial charge in [0.2, 0.25) is 0 Å². The fourth-order valence-electron chi connectivity index (χ4n) is 2.22. The van der Waals surface area contributed by atoms with Crippen molar-refractivity contribution in [1.29, 1.82) is 0 Å². The van der Waals surface area contributed by atoms with Gasteiger partial charge in [0.25, 0.3) is 9.70 Å². The Hall–Kier alpha value is -0.900. The molecule has 1 aliphatic rings. The van der Waals surface area contributed by atoms with E-state index in [0.717, 1.165) is 5.56 Å². The molecule has 0 radical (unpaired) electrons. The quantitative estimate of drug-likeness (QED) is 0.229. The Morgan fingerprint density at radius 1 is 1.30 bits per heavy atom. The van der Waals surface area contributed by atoms with Crippen LogP contribution >= 0.6 is 34.8 Å². The molecule has 1 unspecified atom stereocenters. The maximum Gasteiger partial charge on any atom is 0.333 e. The SMILES string of the molecule is COC(=O)/C(C)=C/[C@H]1OC(N)(C(Cl)(Cl)Cl)O[C@@H]1OCOCc1ccccc1. The number of esters is 1. The smallest absolute Gasteiger partial charge is 0.333 e. The molecule has 1 fully saturated rings. The van der Waals surface area contributed by atoms with Crippen molar-refractivity contribution < 1.29 is 28.5 Å². The topological polar surface area (TPSA) is 89.2 Å². The molecule has 0 aromatic heterocycles. The van der Waals surface area contributed by atoms with Crippen molar-refractivity contribution in [2.24, 2.45) is 5.73 Å². The lowest BCUT2D eigenvalue weighted by molar-refractivity contribution is -0.229. The third kappa shape index (κ3) is 6.04. The standard InChI is InChI=1S/C17H20Cl3NO6/c1-11(14(22)23-2)8-13-15(27-17(21,26-13)16(18,19)20)25-10-24-9-12-6-4-3-5-7-12/h3-8,13,15H,9-10,21H2,1-2H3/b11-8+/t13-,15+,17?/m1/s1. The van der Waals surface area contributed by atoms with Crippen molar-refractivity contribution in [2.75, 3.05) is 13.9 Å². The Morgan fingerprint density at radius 2 is 1.96 bits per heavy atom. The molecule has 0 saturated carbocycles. The Balaban J connectivity index is 2.02. The molecule has 0 spiro atoms. The number of methoxy groups -OCH3 is 1. The Morgan fingerprint density at radius 3 is 2.56 bits per heavy atom. The van der Waals surface area contributed by atoms with E-state index < -0.39 is 28.1 Å². The average molecular weight is 441 g/mol. The minimum Gasteiger partial charge on any atom is -0.466 e. The molecule has 2 N–H and O–H groups in total. The third-order valence-electron chi connectivity index (χ3n) is 3.61. The summed E-state index contributed by atoms with van der Waals surface area (Å²) >= 11 is 17.5. The van der Waals surface area contributed by atoms with E-state index in [1.807, 2.05) is 30.3 Å². The van der Waals surface area contributed by atoms with E-state index in [2.05, 4.69) is 4.74 Å². The van der Waals surface area contributed by atoms with Gasteiger partial charge in [0.1, 0.15) is 12.9 Å². The van der Waals surface area contributed by atoms with Gasteiger partial charge >= 0.3 is 5.97 Å². The van der Waals surface area contributed by atoms with Gasteiger partial charge in [-0.25, -0.2) is 4.79 Å². The first-order valence-electron chi connectivity index (χ1n) is 7.87. The highest BCUT2D eigenvalue weighted by Gasteiger charge is 2.57. The minimum atomic E-state index is -2.10. The van der Waals surface area contributed by atoms with Crippen LogP contribution in [0.3, 0.4) is 0 Å². The van der Waals surface area contributed by atoms with Crippen LogP contribution in [0.1, 0.15) is 12.5 Å². The van der Waals surface area contributed by atoms with Crippen LogP contribution in [0.2, 0.25) is 0 Å². The molecular formula is C17H20Cl3NO6. The summed E-state index contributed by atoms with van der Waals surface area (Å²) in [4.78, 5) is 11.6. The third-order valence-corrected chi connectivity index (χ3v) is 4.40. The van der Waals surface area contributed by atoms with Crippen LogP contribution < -0.4 is 5.73 Å². The number of ether oxygens (including phenoxy) is 5. The molecule has 3 atom stereocenters. The van der Waals surface area contributed by atoms with Crippen molar-refractivity contribution in [3.63, 3.8) is 0 Å². The van der Waals surface area contributed by atoms with Crippen molar-refractivity contribution in [1.82, 2.24) is 0 Å². The fourth-order valence-corrected chi connectivity index (χ4v) is 2.49. The van der Waals surface area contributed by atoms with Crippen LogP contribution in [0.25, 0.3) is 0 Å². The predicted molar refractivity (Wildman–Crippen MR) is 99.9 cm³/mol. The highest BCUT2D eigenvalue weighted by atomic mass is 35.6. The predicted octanol–water partition coefficient (Wildman–Crippen LogP) is 3.02. The number of rotatable bonds is 7. The average Bonchev–Trinajstić information content (AvgIpc) is 2.95. The highest BCUT2D eigenvalue weighted by molar-refractivity contribution is 6.68. The van der Waals surface area contributed by atoms with Gasteiger partial charge in [0.05, 0.1) is 13.7 Å². The monoisotopic (exact) mass is 439 g/mol. The first-order valence-corrected chi connectivity index (χ1v) is 9.01. The Bertz CT molecular complexity index is 666. The summed E-state index contributed by atoms with van der Waals surface area (Å²) in [7, 11) is 1.26. The number of nitrogens with two attached hydrogens (primary N) is 1. The van der Waals surface area contributed by atoms with Gasteiger partial charge in [-0.2, -0.15) is 0 Å². The lowest BCUT2D eigenvalue weighted by Gasteiger charge is -2.29. The minimum absolute atomic E-state index is 0.138. The first-order chi connectivity index (χ1) is 12.7. The van der Waals surface area contributed by atoms with Crippen LogP contribution in [0.4, 0.5) is 0 Å². The molecule has 7 nitrogen and oxygen atoms in total. The maximum atomic E-state index is 11.6. The van der Waals surface area contributed by atoms with E-state index >= 15 is 0 Å². The molecule has 10 heteroatoms. The van der Waals surface area contributed by atoms with Crippen LogP contribution in [-0.4, -0.2) is 42.0 Å². The molecule has 1 heterocycles. The van der Waals surface area contributed by atoms with E-state index in [4.69, 9.17) is 59.5 Å². The largest absolute Gasteiger partial charge is 0.466 e. The molecule has 150 valence electrons. The first kappa shape index (κ1) is 22.4. The number of hydrogen-bond donors (Lipinski definition) is 1. The van der Waals surface area contributed by atoms with Gasteiger partial charge < -0.3 is 23.7 Å². The van der Waals surface area contributed by atoms with E-state index in [1.165, 1.54) is 20.1 Å². The maximum absolute atomic E-state index is 11.6. The molecule has 2 rings (SSSR count). The summed E-state index contributed by atoms with van der Waals surface area (Å²) in [6, 6.07) is 9.52. The molecule has 1 aromatic rings. The zero-order valence-electron chi connectivity index (χ0n) is 14.7. The van der Waals surface area contributed by atoms with E-state index in [1.54, 1.807) is 0 Å². The number of hydrogen-bond acceptors (Lipinski definition) is 7. The number of halogens is 3.